The zero-order valence-electron chi connectivity index (χ0n) is 27.2. The summed E-state index contributed by atoms with van der Waals surface area (Å²) in [6, 6.07) is 11.7. The van der Waals surface area contributed by atoms with E-state index in [1.165, 1.54) is 24.1 Å². The van der Waals surface area contributed by atoms with Gasteiger partial charge in [-0.3, -0.25) is 29.5 Å². The standard InChI is InChI=1S/C36H31Cl2F3N4O6/c1-3-12-44-31(47)22-10-9-21-23(28(22)33(44)49)15-24-32(48)45(43-30-25(38)14-19(16-42-30)36(39,40)41)34(50)35(24,18-5-7-20(37)8-6-18)29(21)17-4-11-27(51-2)26(46)13-17/h4-9,11,13-14,16,22-24,28-29,46H,3,10,12,15H2,1-2H3,(H,42,43)/t22-,23+,24-,28-,29-,35+/m0/s1. The van der Waals surface area contributed by atoms with E-state index < -0.39 is 63.6 Å². The Bertz CT molecular complexity index is 2010. The number of likely N-dealkylation sites (tertiary alicyclic amines) is 1. The highest BCUT2D eigenvalue weighted by molar-refractivity contribution is 6.33. The van der Waals surface area contributed by atoms with Crippen LogP contribution in [-0.2, 0) is 30.8 Å². The van der Waals surface area contributed by atoms with Crippen molar-refractivity contribution >= 4 is 52.6 Å². The maximum absolute atomic E-state index is 15.2. The molecule has 2 saturated heterocycles. The van der Waals surface area contributed by atoms with Crippen molar-refractivity contribution in [2.75, 3.05) is 19.1 Å². The average molecular weight is 744 g/mol. The number of nitrogens with zero attached hydrogens (tertiary/aromatic N) is 3. The topological polar surface area (TPSA) is 129 Å². The molecular formula is C36H31Cl2F3N4O6. The number of aromatic nitrogens is 1. The Morgan fingerprint density at radius 1 is 1.02 bits per heavy atom. The highest BCUT2D eigenvalue weighted by Gasteiger charge is 2.70. The van der Waals surface area contributed by atoms with Crippen LogP contribution >= 0.6 is 23.2 Å². The predicted molar refractivity (Wildman–Crippen MR) is 179 cm³/mol. The minimum atomic E-state index is -4.74. The van der Waals surface area contributed by atoms with Gasteiger partial charge >= 0.3 is 6.18 Å². The zero-order chi connectivity index (χ0) is 36.6. The molecule has 2 N–H and O–H groups in total. The van der Waals surface area contributed by atoms with E-state index in [0.717, 1.165) is 5.01 Å². The molecule has 7 rings (SSSR count). The molecule has 3 fully saturated rings. The van der Waals surface area contributed by atoms with Crippen molar-refractivity contribution in [1.82, 2.24) is 14.9 Å². The Labute approximate surface area is 300 Å². The Balaban J connectivity index is 1.44. The molecule has 266 valence electrons. The Kier molecular flexibility index (Phi) is 8.57. The number of phenols is 1. The van der Waals surface area contributed by atoms with Crippen molar-refractivity contribution in [1.29, 1.82) is 0 Å². The number of amides is 4. The number of nitrogens with one attached hydrogen (secondary N) is 1. The number of anilines is 1. The third kappa shape index (κ3) is 5.26. The number of rotatable bonds is 7. The molecular weight excluding hydrogens is 712 g/mol. The summed E-state index contributed by atoms with van der Waals surface area (Å²) in [5.74, 6) is -6.78. The van der Waals surface area contributed by atoms with Crippen molar-refractivity contribution in [3.63, 3.8) is 0 Å². The molecule has 3 aromatic rings. The Hall–Kier alpha value is -4.62. The summed E-state index contributed by atoms with van der Waals surface area (Å²) in [4.78, 5) is 62.4. The highest BCUT2D eigenvalue weighted by atomic mass is 35.5. The molecule has 10 nitrogen and oxygen atoms in total. The van der Waals surface area contributed by atoms with Crippen molar-refractivity contribution in [2.45, 2.75) is 43.7 Å². The first-order chi connectivity index (χ1) is 24.2. The molecule has 1 saturated carbocycles. The number of pyridine rings is 1. The average Bonchev–Trinajstić information content (AvgIpc) is 3.46. The minimum absolute atomic E-state index is 0.00975. The largest absolute Gasteiger partial charge is 0.504 e. The monoisotopic (exact) mass is 742 g/mol. The van der Waals surface area contributed by atoms with Gasteiger partial charge in [0.2, 0.25) is 11.8 Å². The minimum Gasteiger partial charge on any atom is -0.504 e. The molecule has 2 aliphatic heterocycles. The maximum Gasteiger partial charge on any atom is 0.417 e. The lowest BCUT2D eigenvalue weighted by atomic mass is 9.49. The SMILES string of the molecule is CCCN1C(=O)[C@H]2[C@H](CC=C3[C@H]2C[C@H]2C(=O)N(Nc4ncc(C(F)(F)F)cc4Cl)C(=O)[C@@]2(c2ccc(Cl)cc2)[C@H]3c2ccc(OC)c(O)c2)C1=O. The fraction of sp³-hybridized carbons (Fsp3) is 0.361. The number of benzene rings is 2. The number of hydrazine groups is 1. The van der Waals surface area contributed by atoms with Crippen LogP contribution in [0.4, 0.5) is 19.0 Å². The number of ether oxygens (including phenoxy) is 1. The lowest BCUT2D eigenvalue weighted by molar-refractivity contribution is -0.141. The van der Waals surface area contributed by atoms with Crippen LogP contribution in [0.1, 0.15) is 48.8 Å². The number of hydrogen-bond acceptors (Lipinski definition) is 8. The molecule has 0 spiro atoms. The number of halogens is 5. The van der Waals surface area contributed by atoms with Crippen molar-refractivity contribution in [3.05, 3.63) is 93.1 Å². The van der Waals surface area contributed by atoms with Crippen LogP contribution in [0.3, 0.4) is 0 Å². The van der Waals surface area contributed by atoms with Gasteiger partial charge in [0.1, 0.15) is 0 Å². The molecule has 3 heterocycles. The normalized spacial score (nSPS) is 27.3. The molecule has 0 radical (unpaired) electrons. The van der Waals surface area contributed by atoms with E-state index in [9.17, 15) is 32.7 Å². The van der Waals surface area contributed by atoms with Gasteiger partial charge in [-0.1, -0.05) is 60.0 Å². The quantitative estimate of drug-likeness (QED) is 0.207. The summed E-state index contributed by atoms with van der Waals surface area (Å²) in [5, 5.41) is 11.6. The second-order valence-electron chi connectivity index (χ2n) is 13.2. The molecule has 2 aliphatic carbocycles. The number of carbonyl (C=O) groups excluding carboxylic acids is 4. The van der Waals surface area contributed by atoms with Crippen LogP contribution in [0.2, 0.25) is 10.0 Å². The molecule has 6 atom stereocenters. The van der Waals surface area contributed by atoms with Crippen LogP contribution in [0.15, 0.2) is 66.4 Å². The van der Waals surface area contributed by atoms with E-state index in [4.69, 9.17) is 27.9 Å². The fourth-order valence-electron chi connectivity index (χ4n) is 8.55. The maximum atomic E-state index is 15.2. The number of phenolic OH excluding ortho intramolecular Hbond substituents is 1. The molecule has 0 unspecified atom stereocenters. The Morgan fingerprint density at radius 2 is 1.75 bits per heavy atom. The van der Waals surface area contributed by atoms with Crippen molar-refractivity contribution in [3.8, 4) is 11.5 Å². The zero-order valence-corrected chi connectivity index (χ0v) is 28.7. The number of hydrogen-bond donors (Lipinski definition) is 2. The van der Waals surface area contributed by atoms with E-state index in [1.54, 1.807) is 30.3 Å². The summed E-state index contributed by atoms with van der Waals surface area (Å²) in [6.07, 6.45) is -1.57. The number of methoxy groups -OCH3 is 1. The van der Waals surface area contributed by atoms with Crippen molar-refractivity contribution in [2.24, 2.45) is 23.7 Å². The van der Waals surface area contributed by atoms with Crippen LogP contribution in [0, 0.1) is 23.7 Å². The van der Waals surface area contributed by atoms with Gasteiger partial charge in [0.25, 0.3) is 11.8 Å². The number of carbonyl (C=O) groups is 4. The predicted octanol–water partition coefficient (Wildman–Crippen LogP) is 6.52. The van der Waals surface area contributed by atoms with Gasteiger partial charge in [-0.05, 0) is 66.6 Å². The molecule has 51 heavy (non-hydrogen) atoms. The van der Waals surface area contributed by atoms with Gasteiger partial charge in [-0.15, -0.1) is 0 Å². The molecule has 4 amide bonds. The first kappa shape index (κ1) is 34.8. The van der Waals surface area contributed by atoms with Crippen LogP contribution < -0.4 is 10.2 Å². The summed E-state index contributed by atoms with van der Waals surface area (Å²) in [5.41, 5.74) is 1.23. The van der Waals surface area contributed by atoms with Crippen LogP contribution in [-0.4, -0.2) is 57.3 Å². The summed E-state index contributed by atoms with van der Waals surface area (Å²) in [7, 11) is 1.38. The summed E-state index contributed by atoms with van der Waals surface area (Å²) < 4.78 is 45.5. The van der Waals surface area contributed by atoms with Crippen molar-refractivity contribution < 1.29 is 42.2 Å². The lowest BCUT2D eigenvalue weighted by Gasteiger charge is -2.50. The smallest absolute Gasteiger partial charge is 0.417 e. The second-order valence-corrected chi connectivity index (χ2v) is 14.0. The number of fused-ring (bicyclic) bond motifs is 4. The summed E-state index contributed by atoms with van der Waals surface area (Å²) >= 11 is 12.5. The molecule has 15 heteroatoms. The third-order valence-corrected chi connectivity index (χ3v) is 11.2. The van der Waals surface area contributed by atoms with E-state index in [0.29, 0.717) is 40.4 Å². The van der Waals surface area contributed by atoms with E-state index in [2.05, 4.69) is 10.4 Å². The molecule has 0 bridgehead atoms. The van der Waals surface area contributed by atoms with Gasteiger partial charge in [-0.25, -0.2) is 4.98 Å². The second kappa shape index (κ2) is 12.6. The third-order valence-electron chi connectivity index (χ3n) is 10.6. The van der Waals surface area contributed by atoms with Gasteiger partial charge < -0.3 is 9.84 Å². The van der Waals surface area contributed by atoms with Gasteiger partial charge in [0.15, 0.2) is 17.3 Å². The first-order valence-corrected chi connectivity index (χ1v) is 17.0. The van der Waals surface area contributed by atoms with Gasteiger partial charge in [0, 0.05) is 23.7 Å². The van der Waals surface area contributed by atoms with Crippen LogP contribution in [0.25, 0.3) is 0 Å². The highest BCUT2D eigenvalue weighted by Crippen LogP contribution is 2.64. The number of imide groups is 2. The Morgan fingerprint density at radius 3 is 2.37 bits per heavy atom. The lowest BCUT2D eigenvalue weighted by Crippen LogP contribution is -2.53. The van der Waals surface area contributed by atoms with Gasteiger partial charge in [0.05, 0.1) is 40.9 Å². The van der Waals surface area contributed by atoms with Gasteiger partial charge in [-0.2, -0.15) is 18.2 Å². The first-order valence-electron chi connectivity index (χ1n) is 16.3. The van der Waals surface area contributed by atoms with E-state index in [1.807, 2.05) is 13.0 Å². The van der Waals surface area contributed by atoms with Crippen LogP contribution in [0.5, 0.6) is 11.5 Å². The molecule has 1 aromatic heterocycles. The number of alkyl halides is 3. The van der Waals surface area contributed by atoms with E-state index in [-0.39, 0.29) is 48.5 Å². The van der Waals surface area contributed by atoms with E-state index >= 15 is 4.79 Å². The molecule has 2 aromatic carbocycles. The summed E-state index contributed by atoms with van der Waals surface area (Å²) in [6.45, 7) is 2.11. The number of aromatic hydroxyl groups is 1. The molecule has 4 aliphatic rings. The fourth-order valence-corrected chi connectivity index (χ4v) is 8.89. The number of allylic oxidation sites excluding steroid dienone is 2.